The maximum absolute atomic E-state index is 13.3. The normalized spacial score (nSPS) is 26.1. The minimum Gasteiger partial charge on any atom is -0.381 e. The fourth-order valence-electron chi connectivity index (χ4n) is 5.46. The number of benzene rings is 1. The highest BCUT2D eigenvalue weighted by molar-refractivity contribution is 6.02. The largest absolute Gasteiger partial charge is 0.381 e. The number of ether oxygens (including phenoxy) is 1. The highest BCUT2D eigenvalue weighted by atomic mass is 19.1. The molecule has 2 saturated heterocycles. The van der Waals surface area contributed by atoms with E-state index in [1.807, 2.05) is 0 Å². The molecule has 0 radical (unpaired) electrons. The van der Waals surface area contributed by atoms with E-state index in [2.05, 4.69) is 25.7 Å². The van der Waals surface area contributed by atoms with Crippen molar-refractivity contribution in [1.82, 2.24) is 15.1 Å². The third kappa shape index (κ3) is 5.07. The van der Waals surface area contributed by atoms with E-state index < -0.39 is 11.7 Å². The summed E-state index contributed by atoms with van der Waals surface area (Å²) in [5.41, 5.74) is 0.592. The number of likely N-dealkylation sites (tertiary alicyclic amines) is 1. The van der Waals surface area contributed by atoms with Crippen molar-refractivity contribution in [3.63, 3.8) is 0 Å². The first-order valence-electron chi connectivity index (χ1n) is 11.6. The number of nitrogens with one attached hydrogen (secondary N) is 2. The number of carbonyl (C=O) groups excluding carboxylic acids is 1. The van der Waals surface area contributed by atoms with Crippen LogP contribution in [0.3, 0.4) is 0 Å². The lowest BCUT2D eigenvalue weighted by Gasteiger charge is -2.27. The number of halogens is 1. The monoisotopic (exact) mass is 439 g/mol. The Bertz CT molecular complexity index is 920. The van der Waals surface area contributed by atoms with Gasteiger partial charge < -0.3 is 20.3 Å². The van der Waals surface area contributed by atoms with E-state index in [-0.39, 0.29) is 5.69 Å². The highest BCUT2D eigenvalue weighted by Crippen LogP contribution is 2.39. The van der Waals surface area contributed by atoms with Gasteiger partial charge >= 0.3 is 0 Å². The van der Waals surface area contributed by atoms with Gasteiger partial charge in [-0.1, -0.05) is 6.07 Å². The van der Waals surface area contributed by atoms with Crippen molar-refractivity contribution in [2.45, 2.75) is 31.7 Å². The van der Waals surface area contributed by atoms with Crippen LogP contribution in [0.15, 0.2) is 36.4 Å². The van der Waals surface area contributed by atoms with Crippen LogP contribution in [0.25, 0.3) is 0 Å². The van der Waals surface area contributed by atoms with E-state index >= 15 is 0 Å². The Morgan fingerprint density at radius 1 is 1.09 bits per heavy atom. The summed E-state index contributed by atoms with van der Waals surface area (Å²) < 4.78 is 18.8. The molecule has 1 aromatic heterocycles. The molecule has 1 amide bonds. The van der Waals surface area contributed by atoms with Crippen molar-refractivity contribution >= 4 is 17.4 Å². The number of fused-ring (bicyclic) bond motifs is 1. The van der Waals surface area contributed by atoms with Gasteiger partial charge in [0.2, 0.25) is 0 Å². The zero-order valence-corrected chi connectivity index (χ0v) is 18.2. The van der Waals surface area contributed by atoms with E-state index in [0.29, 0.717) is 17.5 Å². The van der Waals surface area contributed by atoms with Gasteiger partial charge in [-0.2, -0.15) is 0 Å². The predicted molar refractivity (Wildman–Crippen MR) is 120 cm³/mol. The Kier molecular flexibility index (Phi) is 6.32. The lowest BCUT2D eigenvalue weighted by molar-refractivity contribution is 0.0545. The Morgan fingerprint density at radius 2 is 1.88 bits per heavy atom. The first-order valence-corrected chi connectivity index (χ1v) is 11.6. The van der Waals surface area contributed by atoms with Crippen LogP contribution in [0.4, 0.5) is 15.9 Å². The van der Waals surface area contributed by atoms with Gasteiger partial charge in [0.25, 0.3) is 5.91 Å². The lowest BCUT2D eigenvalue weighted by atomic mass is 10.00. The summed E-state index contributed by atoms with van der Waals surface area (Å²) in [4.78, 5) is 15.0. The number of anilines is 2. The topological polar surface area (TPSA) is 79.4 Å². The van der Waals surface area contributed by atoms with Crippen LogP contribution >= 0.6 is 0 Å². The summed E-state index contributed by atoms with van der Waals surface area (Å²) in [5, 5.41) is 14.4. The quantitative estimate of drug-likeness (QED) is 0.718. The molecule has 1 aliphatic carbocycles. The molecule has 170 valence electrons. The minimum absolute atomic E-state index is 0.201. The van der Waals surface area contributed by atoms with Crippen molar-refractivity contribution in [3.05, 3.63) is 47.9 Å². The average Bonchev–Trinajstić information content (AvgIpc) is 3.33. The maximum atomic E-state index is 13.3. The number of carbonyl (C=O) groups is 1. The predicted octanol–water partition coefficient (Wildman–Crippen LogP) is 3.42. The first-order chi connectivity index (χ1) is 15.6. The molecule has 0 spiro atoms. The molecule has 3 atom stereocenters. The third-order valence-corrected chi connectivity index (χ3v) is 7.02. The summed E-state index contributed by atoms with van der Waals surface area (Å²) in [6, 6.07) is 9.61. The van der Waals surface area contributed by atoms with Crippen molar-refractivity contribution < 1.29 is 13.9 Å². The van der Waals surface area contributed by atoms with E-state index in [0.717, 1.165) is 43.8 Å². The smallest absolute Gasteiger partial charge is 0.276 e. The van der Waals surface area contributed by atoms with Crippen LogP contribution in [0, 0.1) is 23.6 Å². The van der Waals surface area contributed by atoms with E-state index in [1.165, 1.54) is 44.6 Å². The number of nitrogens with zero attached hydrogens (tertiary/aromatic N) is 3. The zero-order chi connectivity index (χ0) is 21.9. The van der Waals surface area contributed by atoms with E-state index in [9.17, 15) is 9.18 Å². The van der Waals surface area contributed by atoms with Gasteiger partial charge in [0.1, 0.15) is 11.6 Å². The van der Waals surface area contributed by atoms with E-state index in [4.69, 9.17) is 4.74 Å². The summed E-state index contributed by atoms with van der Waals surface area (Å²) >= 11 is 0. The van der Waals surface area contributed by atoms with Gasteiger partial charge in [0.15, 0.2) is 5.69 Å². The molecule has 1 aromatic carbocycles. The summed E-state index contributed by atoms with van der Waals surface area (Å²) in [5.74, 6) is 2.17. The molecule has 1 unspecified atom stereocenters. The number of hydrogen-bond donors (Lipinski definition) is 2. The molecule has 7 nitrogen and oxygen atoms in total. The number of hydrogen-bond acceptors (Lipinski definition) is 6. The molecule has 5 rings (SSSR count). The molecule has 3 aliphatic rings. The molecule has 0 bridgehead atoms. The summed E-state index contributed by atoms with van der Waals surface area (Å²) in [7, 11) is 0. The third-order valence-electron chi connectivity index (χ3n) is 7.02. The van der Waals surface area contributed by atoms with Crippen molar-refractivity contribution in [1.29, 1.82) is 0 Å². The van der Waals surface area contributed by atoms with E-state index in [1.54, 1.807) is 24.3 Å². The lowest BCUT2D eigenvalue weighted by Crippen LogP contribution is -2.32. The summed E-state index contributed by atoms with van der Waals surface area (Å²) in [6.45, 7) is 5.46. The van der Waals surface area contributed by atoms with Crippen LogP contribution in [0.1, 0.15) is 36.2 Å². The molecule has 3 fully saturated rings. The number of aromatic nitrogens is 2. The van der Waals surface area contributed by atoms with Gasteiger partial charge in [0.05, 0.1) is 0 Å². The van der Waals surface area contributed by atoms with Crippen molar-refractivity contribution in [3.8, 4) is 0 Å². The van der Waals surface area contributed by atoms with Crippen LogP contribution in [0.5, 0.6) is 0 Å². The fourth-order valence-corrected chi connectivity index (χ4v) is 5.46. The molecular weight excluding hydrogens is 409 g/mol. The second kappa shape index (κ2) is 9.50. The Hall–Kier alpha value is -2.58. The maximum Gasteiger partial charge on any atom is 0.276 e. The Morgan fingerprint density at radius 3 is 2.56 bits per heavy atom. The standard InChI is InChI=1S/C24H30FN5O2/c25-19-2-1-3-20(12-19)27-24(31)22-4-5-23(29-28-22)26-21-10-17-14-30(15-18(17)11-21)13-16-6-8-32-9-7-16/h1-5,12,16-18,21H,6-11,13-15H2,(H,26,29)(H,27,31)/t17-,18+,21?. The Balaban J connectivity index is 1.09. The van der Waals surface area contributed by atoms with Gasteiger partial charge in [-0.15, -0.1) is 10.2 Å². The molecule has 8 heteroatoms. The fraction of sp³-hybridized carbons (Fsp3) is 0.542. The Labute approximate surface area is 187 Å². The van der Waals surface area contributed by atoms with Crippen molar-refractivity contribution in [2.24, 2.45) is 17.8 Å². The van der Waals surface area contributed by atoms with Gasteiger partial charge in [0, 0.05) is 44.6 Å². The number of rotatable bonds is 6. The SMILES string of the molecule is O=C(Nc1cccc(F)c1)c1ccc(NC2C[C@@H]3CN(CC4CCOCC4)C[C@@H]3C2)nn1. The molecule has 1 saturated carbocycles. The molecule has 2 N–H and O–H groups in total. The van der Waals surface area contributed by atoms with Gasteiger partial charge in [-0.3, -0.25) is 4.79 Å². The average molecular weight is 440 g/mol. The van der Waals surface area contributed by atoms with Crippen molar-refractivity contribution in [2.75, 3.05) is 43.5 Å². The second-order valence-electron chi connectivity index (χ2n) is 9.38. The van der Waals surface area contributed by atoms with Gasteiger partial charge in [-0.05, 0) is 73.8 Å². The molecule has 32 heavy (non-hydrogen) atoms. The molecular formula is C24H30FN5O2. The zero-order valence-electron chi connectivity index (χ0n) is 18.2. The number of amides is 1. The van der Waals surface area contributed by atoms with Crippen LogP contribution in [0.2, 0.25) is 0 Å². The highest BCUT2D eigenvalue weighted by Gasteiger charge is 2.41. The summed E-state index contributed by atoms with van der Waals surface area (Å²) in [6.07, 6.45) is 4.70. The minimum atomic E-state index is -0.408. The first kappa shape index (κ1) is 21.3. The van der Waals surface area contributed by atoms with Crippen LogP contribution in [-0.4, -0.2) is 59.9 Å². The second-order valence-corrected chi connectivity index (χ2v) is 9.38. The van der Waals surface area contributed by atoms with Crippen LogP contribution < -0.4 is 10.6 Å². The molecule has 2 aromatic rings. The van der Waals surface area contributed by atoms with Crippen LogP contribution in [-0.2, 0) is 4.74 Å². The molecule has 3 heterocycles. The van der Waals surface area contributed by atoms with Gasteiger partial charge in [-0.25, -0.2) is 4.39 Å². The molecule has 2 aliphatic heterocycles.